The average molecular weight is 445 g/mol. The number of benzene rings is 2. The Labute approximate surface area is 193 Å². The number of nitrogens with two attached hydrogens (primary N) is 1. The molecule has 4 rings (SSSR count). The third-order valence-corrected chi connectivity index (χ3v) is 5.68. The molecule has 0 aliphatic rings. The van der Waals surface area contributed by atoms with Crippen LogP contribution >= 0.6 is 0 Å². The van der Waals surface area contributed by atoms with Crippen molar-refractivity contribution in [1.29, 1.82) is 0 Å². The van der Waals surface area contributed by atoms with Crippen LogP contribution in [0.2, 0.25) is 0 Å². The fourth-order valence-corrected chi connectivity index (χ4v) is 4.08. The van der Waals surface area contributed by atoms with Gasteiger partial charge in [0.15, 0.2) is 6.61 Å². The van der Waals surface area contributed by atoms with Gasteiger partial charge in [0.25, 0.3) is 5.91 Å². The summed E-state index contributed by atoms with van der Waals surface area (Å²) in [6, 6.07) is 15.9. The minimum absolute atomic E-state index is 0.244. The van der Waals surface area contributed by atoms with Crippen molar-refractivity contribution >= 4 is 23.1 Å². The highest BCUT2D eigenvalue weighted by atomic mass is 16.5. The molecular formula is C26H28N4O3. The summed E-state index contributed by atoms with van der Waals surface area (Å²) in [7, 11) is 1.59. The summed E-state index contributed by atoms with van der Waals surface area (Å²) in [5.41, 5.74) is 12.9. The van der Waals surface area contributed by atoms with Gasteiger partial charge in [0.05, 0.1) is 7.11 Å². The molecule has 7 nitrogen and oxygen atoms in total. The van der Waals surface area contributed by atoms with E-state index in [4.69, 9.17) is 20.2 Å². The Bertz CT molecular complexity index is 1340. The van der Waals surface area contributed by atoms with Crippen LogP contribution in [0.1, 0.15) is 22.4 Å². The minimum Gasteiger partial charge on any atom is -0.497 e. The van der Waals surface area contributed by atoms with Crippen LogP contribution in [0, 0.1) is 27.7 Å². The van der Waals surface area contributed by atoms with Crippen molar-refractivity contribution in [2.75, 3.05) is 19.0 Å². The number of hydrogen-bond acceptors (Lipinski definition) is 5. The van der Waals surface area contributed by atoms with Crippen molar-refractivity contribution < 1.29 is 14.3 Å². The summed E-state index contributed by atoms with van der Waals surface area (Å²) in [6.07, 6.45) is 0. The van der Waals surface area contributed by atoms with Crippen molar-refractivity contribution in [3.8, 4) is 22.8 Å². The molecule has 2 heterocycles. The monoisotopic (exact) mass is 444 g/mol. The molecule has 2 aromatic carbocycles. The molecule has 0 aliphatic heterocycles. The lowest BCUT2D eigenvalue weighted by Gasteiger charge is -2.18. The van der Waals surface area contributed by atoms with E-state index in [1.165, 1.54) is 0 Å². The minimum atomic E-state index is -0.554. The van der Waals surface area contributed by atoms with Gasteiger partial charge in [-0.2, -0.15) is 0 Å². The zero-order valence-corrected chi connectivity index (χ0v) is 19.5. The summed E-state index contributed by atoms with van der Waals surface area (Å²) < 4.78 is 13.3. The Morgan fingerprint density at radius 2 is 1.73 bits per heavy atom. The van der Waals surface area contributed by atoms with Crippen molar-refractivity contribution in [1.82, 2.24) is 9.38 Å². The number of nitrogens with one attached hydrogen (secondary N) is 1. The van der Waals surface area contributed by atoms with Crippen molar-refractivity contribution in [2.24, 2.45) is 5.73 Å². The van der Waals surface area contributed by atoms with Crippen LogP contribution < -0.4 is 20.5 Å². The molecule has 0 saturated carbocycles. The molecule has 0 aliphatic carbocycles. The van der Waals surface area contributed by atoms with E-state index in [0.29, 0.717) is 17.2 Å². The number of anilines is 2. The lowest BCUT2D eigenvalue weighted by molar-refractivity contribution is -0.119. The number of carbonyl (C=O) groups excluding carboxylic acids is 1. The van der Waals surface area contributed by atoms with E-state index in [1.807, 2.05) is 44.2 Å². The van der Waals surface area contributed by atoms with Crippen molar-refractivity contribution in [2.45, 2.75) is 27.7 Å². The zero-order valence-electron chi connectivity index (χ0n) is 19.5. The summed E-state index contributed by atoms with van der Waals surface area (Å²) in [5.74, 6) is 1.37. The molecule has 0 fully saturated rings. The van der Waals surface area contributed by atoms with E-state index >= 15 is 0 Å². The van der Waals surface area contributed by atoms with E-state index in [-0.39, 0.29) is 6.61 Å². The first kappa shape index (κ1) is 22.2. The van der Waals surface area contributed by atoms with Gasteiger partial charge in [-0.1, -0.05) is 24.3 Å². The molecule has 2 aromatic heterocycles. The lowest BCUT2D eigenvalue weighted by Crippen LogP contribution is -2.20. The van der Waals surface area contributed by atoms with Crippen LogP contribution in [0.3, 0.4) is 0 Å². The third kappa shape index (κ3) is 4.22. The zero-order chi connectivity index (χ0) is 23.7. The van der Waals surface area contributed by atoms with E-state index in [2.05, 4.69) is 35.7 Å². The summed E-state index contributed by atoms with van der Waals surface area (Å²) in [4.78, 5) is 16.4. The first-order valence-corrected chi connectivity index (χ1v) is 10.7. The lowest BCUT2D eigenvalue weighted by atomic mass is 10.0. The predicted molar refractivity (Wildman–Crippen MR) is 131 cm³/mol. The van der Waals surface area contributed by atoms with E-state index < -0.39 is 5.91 Å². The number of pyridine rings is 1. The van der Waals surface area contributed by atoms with Gasteiger partial charge in [-0.15, -0.1) is 0 Å². The molecule has 7 heteroatoms. The van der Waals surface area contributed by atoms with Gasteiger partial charge in [-0.3, -0.25) is 9.20 Å². The topological polar surface area (TPSA) is 90.9 Å². The SMILES string of the molecule is COc1cc(C)c(-c2nc3cccc(C)n3c2Nc2c(C)cccc2C)c(OCC(N)=O)c1. The van der Waals surface area contributed by atoms with Crippen molar-refractivity contribution in [3.63, 3.8) is 0 Å². The number of methoxy groups -OCH3 is 1. The second-order valence-corrected chi connectivity index (χ2v) is 8.13. The van der Waals surface area contributed by atoms with Crippen LogP contribution in [-0.2, 0) is 4.79 Å². The van der Waals surface area contributed by atoms with E-state index in [1.54, 1.807) is 13.2 Å². The number of para-hydroxylation sites is 1. The number of imidazole rings is 1. The second-order valence-electron chi connectivity index (χ2n) is 8.13. The highest BCUT2D eigenvalue weighted by Crippen LogP contribution is 2.42. The molecule has 0 saturated heterocycles. The number of aromatic nitrogens is 2. The largest absolute Gasteiger partial charge is 0.497 e. The highest BCUT2D eigenvalue weighted by Gasteiger charge is 2.23. The fraction of sp³-hybridized carbons (Fsp3) is 0.231. The van der Waals surface area contributed by atoms with Crippen LogP contribution in [0.4, 0.5) is 11.5 Å². The number of nitrogens with zero attached hydrogens (tertiary/aromatic N) is 2. The number of rotatable bonds is 7. The van der Waals surface area contributed by atoms with Gasteiger partial charge in [-0.25, -0.2) is 4.98 Å². The molecule has 4 aromatic rings. The molecule has 0 atom stereocenters. The van der Waals surface area contributed by atoms with Gasteiger partial charge >= 0.3 is 0 Å². The van der Waals surface area contributed by atoms with Crippen LogP contribution in [0.5, 0.6) is 11.5 Å². The first-order valence-electron chi connectivity index (χ1n) is 10.7. The standard InChI is InChI=1S/C26H28N4O3/c1-15-8-6-9-16(2)24(15)29-26-25(28-22-11-7-10-18(4)30(22)26)23-17(3)12-19(32-5)13-20(23)33-14-21(27)31/h6-13,29H,14H2,1-5H3,(H2,27,31). The number of hydrogen-bond donors (Lipinski definition) is 2. The number of aryl methyl sites for hydroxylation is 4. The first-order chi connectivity index (χ1) is 15.8. The quantitative estimate of drug-likeness (QED) is 0.425. The molecule has 1 amide bonds. The summed E-state index contributed by atoms with van der Waals surface area (Å²) >= 11 is 0. The predicted octanol–water partition coefficient (Wildman–Crippen LogP) is 4.85. The maximum Gasteiger partial charge on any atom is 0.255 e. The number of amides is 1. The van der Waals surface area contributed by atoms with Crippen LogP contribution in [0.15, 0.2) is 48.5 Å². The van der Waals surface area contributed by atoms with E-state index in [0.717, 1.165) is 45.1 Å². The Balaban J connectivity index is 2.00. The average Bonchev–Trinajstić information content (AvgIpc) is 3.13. The van der Waals surface area contributed by atoms with Gasteiger partial charge in [0.1, 0.15) is 28.7 Å². The summed E-state index contributed by atoms with van der Waals surface area (Å²) in [6.45, 7) is 7.91. The van der Waals surface area contributed by atoms with Crippen molar-refractivity contribution in [3.05, 3.63) is 70.9 Å². The Morgan fingerprint density at radius 1 is 1.03 bits per heavy atom. The molecule has 0 bridgehead atoms. The second kappa shape index (κ2) is 8.86. The maximum atomic E-state index is 11.5. The van der Waals surface area contributed by atoms with Gasteiger partial charge in [0, 0.05) is 23.0 Å². The number of primary amides is 1. The smallest absolute Gasteiger partial charge is 0.255 e. The number of carbonyl (C=O) groups is 1. The molecule has 0 radical (unpaired) electrons. The summed E-state index contributed by atoms with van der Waals surface area (Å²) in [5, 5.41) is 3.64. The van der Waals surface area contributed by atoms with Gasteiger partial charge in [0.2, 0.25) is 0 Å². The molecule has 3 N–H and O–H groups in total. The molecule has 0 unspecified atom stereocenters. The van der Waals surface area contributed by atoms with Crippen LogP contribution in [0.25, 0.3) is 16.9 Å². The molecular weight excluding hydrogens is 416 g/mol. The highest BCUT2D eigenvalue weighted by molar-refractivity contribution is 5.86. The normalized spacial score (nSPS) is 10.9. The third-order valence-electron chi connectivity index (χ3n) is 5.68. The maximum absolute atomic E-state index is 11.5. The number of fused-ring (bicyclic) bond motifs is 1. The van der Waals surface area contributed by atoms with Gasteiger partial charge < -0.3 is 20.5 Å². The van der Waals surface area contributed by atoms with Crippen LogP contribution in [-0.4, -0.2) is 29.0 Å². The van der Waals surface area contributed by atoms with E-state index in [9.17, 15) is 4.79 Å². The molecule has 33 heavy (non-hydrogen) atoms. The Kier molecular flexibility index (Phi) is 5.96. The molecule has 170 valence electrons. The Morgan fingerprint density at radius 3 is 2.39 bits per heavy atom. The fourth-order valence-electron chi connectivity index (χ4n) is 4.08. The molecule has 0 spiro atoms. The number of ether oxygens (including phenoxy) is 2. The Hall–Kier alpha value is -4.00. The van der Waals surface area contributed by atoms with Gasteiger partial charge in [-0.05, 0) is 62.6 Å².